The van der Waals surface area contributed by atoms with Crippen LogP contribution in [0.5, 0.6) is 0 Å². The van der Waals surface area contributed by atoms with Gasteiger partial charge in [-0.3, -0.25) is 9.59 Å². The number of aliphatic carboxylic acids is 1. The number of aryl methyl sites for hydroxylation is 1. The van der Waals surface area contributed by atoms with Gasteiger partial charge in [0.25, 0.3) is 5.91 Å². The average molecular weight is 329 g/mol. The van der Waals surface area contributed by atoms with Gasteiger partial charge in [0.05, 0.1) is 11.8 Å². The maximum Gasteiger partial charge on any atom is 0.311 e. The Kier molecular flexibility index (Phi) is 4.83. The van der Waals surface area contributed by atoms with Crippen LogP contribution in [0.25, 0.3) is 0 Å². The Balaban J connectivity index is 2.30. The number of anilines is 1. The molecule has 0 spiro atoms. The van der Waals surface area contributed by atoms with Crippen LogP contribution in [0.15, 0.2) is 34.9 Å². The van der Waals surface area contributed by atoms with Gasteiger partial charge in [0.2, 0.25) is 0 Å². The number of amides is 1. The molecular formula is C19H23NO4. The molecule has 0 aliphatic heterocycles. The molecule has 1 N–H and O–H groups in total. The zero-order valence-corrected chi connectivity index (χ0v) is 14.7. The fourth-order valence-electron chi connectivity index (χ4n) is 2.52. The predicted molar refractivity (Wildman–Crippen MR) is 92.7 cm³/mol. The van der Waals surface area contributed by atoms with Crippen LogP contribution in [0.3, 0.4) is 0 Å². The molecule has 0 radical (unpaired) electrons. The summed E-state index contributed by atoms with van der Waals surface area (Å²) in [5, 5.41) is 8.96. The number of carbonyl (C=O) groups is 2. The van der Waals surface area contributed by atoms with Gasteiger partial charge in [-0.15, -0.1) is 0 Å². The second-order valence-electron chi connectivity index (χ2n) is 6.95. The first-order valence-electron chi connectivity index (χ1n) is 7.78. The van der Waals surface area contributed by atoms with E-state index >= 15 is 0 Å². The lowest BCUT2D eigenvalue weighted by atomic mass is 9.87. The van der Waals surface area contributed by atoms with Crippen molar-refractivity contribution in [2.24, 2.45) is 0 Å². The lowest BCUT2D eigenvalue weighted by Crippen LogP contribution is -2.27. The van der Waals surface area contributed by atoms with E-state index in [0.717, 1.165) is 5.69 Å². The van der Waals surface area contributed by atoms with Crippen LogP contribution < -0.4 is 4.90 Å². The topological polar surface area (TPSA) is 70.7 Å². The molecule has 1 amide bonds. The van der Waals surface area contributed by atoms with Crippen molar-refractivity contribution in [3.05, 3.63) is 53.0 Å². The van der Waals surface area contributed by atoms with Crippen LogP contribution in [0.4, 0.5) is 5.69 Å². The van der Waals surface area contributed by atoms with Crippen molar-refractivity contribution >= 4 is 17.6 Å². The number of carboxylic acids is 1. The molecule has 5 nitrogen and oxygen atoms in total. The first-order valence-corrected chi connectivity index (χ1v) is 7.78. The highest BCUT2D eigenvalue weighted by molar-refractivity contribution is 6.07. The Labute approximate surface area is 141 Å². The molecule has 1 heterocycles. The van der Waals surface area contributed by atoms with Gasteiger partial charge in [0.15, 0.2) is 0 Å². The van der Waals surface area contributed by atoms with E-state index < -0.39 is 5.97 Å². The fourth-order valence-corrected chi connectivity index (χ4v) is 2.52. The molecule has 0 unspecified atom stereocenters. The zero-order valence-electron chi connectivity index (χ0n) is 14.7. The van der Waals surface area contributed by atoms with Gasteiger partial charge in [-0.05, 0) is 30.0 Å². The quantitative estimate of drug-likeness (QED) is 0.926. The fraction of sp³-hybridized carbons (Fsp3) is 0.368. The van der Waals surface area contributed by atoms with Gasteiger partial charge in [-0.25, -0.2) is 0 Å². The summed E-state index contributed by atoms with van der Waals surface area (Å²) in [6, 6.07) is 7.79. The number of nitrogens with zero attached hydrogens (tertiary/aromatic N) is 1. The lowest BCUT2D eigenvalue weighted by molar-refractivity contribution is -0.136. The number of rotatable bonds is 4. The summed E-state index contributed by atoms with van der Waals surface area (Å²) in [5.74, 6) is -1.13. The lowest BCUT2D eigenvalue weighted by Gasteiger charge is -2.22. The number of hydrogen-bond donors (Lipinski definition) is 1. The normalized spacial score (nSPS) is 11.4. The molecule has 0 bridgehead atoms. The van der Waals surface area contributed by atoms with E-state index in [2.05, 4.69) is 20.8 Å². The highest BCUT2D eigenvalue weighted by atomic mass is 16.4. The van der Waals surface area contributed by atoms with E-state index in [0.29, 0.717) is 11.1 Å². The van der Waals surface area contributed by atoms with Crippen molar-refractivity contribution in [1.82, 2.24) is 0 Å². The molecule has 0 fully saturated rings. The standard InChI is InChI=1S/C19H23NO4/c1-12-11-24-15(10-16(21)22)17(12)18(23)20(5)14-8-6-13(7-9-14)19(2,3)4/h6-9,11H,10H2,1-5H3,(H,21,22). The Morgan fingerprint density at radius 1 is 1.17 bits per heavy atom. The predicted octanol–water partition coefficient (Wildman–Crippen LogP) is 3.79. The molecule has 1 aromatic carbocycles. The van der Waals surface area contributed by atoms with Crippen LogP contribution in [-0.2, 0) is 16.6 Å². The van der Waals surface area contributed by atoms with Crippen molar-refractivity contribution in [3.8, 4) is 0 Å². The Morgan fingerprint density at radius 3 is 2.25 bits per heavy atom. The van der Waals surface area contributed by atoms with Crippen molar-refractivity contribution in [1.29, 1.82) is 0 Å². The number of hydrogen-bond acceptors (Lipinski definition) is 3. The highest BCUT2D eigenvalue weighted by Gasteiger charge is 2.24. The number of carboxylic acid groups (broad SMARTS) is 1. The zero-order chi connectivity index (χ0) is 18.1. The Morgan fingerprint density at radius 2 is 1.75 bits per heavy atom. The van der Waals surface area contributed by atoms with E-state index in [1.807, 2.05) is 24.3 Å². The smallest absolute Gasteiger partial charge is 0.311 e. The van der Waals surface area contributed by atoms with Gasteiger partial charge in [0, 0.05) is 18.3 Å². The molecular weight excluding hydrogens is 306 g/mol. The molecule has 128 valence electrons. The molecule has 0 saturated heterocycles. The van der Waals surface area contributed by atoms with Crippen LogP contribution in [-0.4, -0.2) is 24.0 Å². The minimum absolute atomic E-state index is 0.0386. The summed E-state index contributed by atoms with van der Waals surface area (Å²) in [4.78, 5) is 25.2. The molecule has 0 atom stereocenters. The number of furan rings is 1. The minimum atomic E-state index is -1.03. The third-order valence-electron chi connectivity index (χ3n) is 4.00. The Bertz CT molecular complexity index is 751. The van der Waals surface area contributed by atoms with E-state index in [9.17, 15) is 9.59 Å². The SMILES string of the molecule is Cc1coc(CC(=O)O)c1C(=O)N(C)c1ccc(C(C)(C)C)cc1. The molecule has 2 aromatic rings. The van der Waals surface area contributed by atoms with Crippen LogP contribution in [0.1, 0.15) is 48.0 Å². The summed E-state index contributed by atoms with van der Waals surface area (Å²) < 4.78 is 5.25. The van der Waals surface area contributed by atoms with E-state index in [-0.39, 0.29) is 23.5 Å². The summed E-state index contributed by atoms with van der Waals surface area (Å²) >= 11 is 0. The van der Waals surface area contributed by atoms with Crippen molar-refractivity contribution < 1.29 is 19.1 Å². The number of carbonyl (C=O) groups excluding carboxylic acids is 1. The summed E-state index contributed by atoms with van der Waals surface area (Å²) in [6.45, 7) is 8.12. The van der Waals surface area contributed by atoms with Crippen LogP contribution in [0, 0.1) is 6.92 Å². The minimum Gasteiger partial charge on any atom is -0.481 e. The molecule has 0 saturated carbocycles. The molecule has 0 aliphatic carbocycles. The van der Waals surface area contributed by atoms with E-state index in [1.165, 1.54) is 16.7 Å². The first kappa shape index (κ1) is 17.8. The van der Waals surface area contributed by atoms with Gasteiger partial charge >= 0.3 is 5.97 Å². The maximum atomic E-state index is 12.8. The van der Waals surface area contributed by atoms with Crippen molar-refractivity contribution in [3.63, 3.8) is 0 Å². The maximum absolute atomic E-state index is 12.8. The van der Waals surface area contributed by atoms with Gasteiger partial charge in [-0.1, -0.05) is 32.9 Å². The largest absolute Gasteiger partial charge is 0.481 e. The highest BCUT2D eigenvalue weighted by Crippen LogP contribution is 2.26. The van der Waals surface area contributed by atoms with Crippen LogP contribution >= 0.6 is 0 Å². The number of benzene rings is 1. The Hall–Kier alpha value is -2.56. The summed E-state index contributed by atoms with van der Waals surface area (Å²) in [5.41, 5.74) is 2.92. The molecule has 1 aromatic heterocycles. The van der Waals surface area contributed by atoms with Crippen molar-refractivity contribution in [2.45, 2.75) is 39.5 Å². The average Bonchev–Trinajstić information content (AvgIpc) is 2.85. The van der Waals surface area contributed by atoms with E-state index in [1.54, 1.807) is 14.0 Å². The molecule has 0 aliphatic rings. The van der Waals surface area contributed by atoms with Gasteiger partial charge in [-0.2, -0.15) is 0 Å². The van der Waals surface area contributed by atoms with Gasteiger partial charge in [0.1, 0.15) is 12.2 Å². The molecule has 24 heavy (non-hydrogen) atoms. The first-order chi connectivity index (χ1) is 11.1. The van der Waals surface area contributed by atoms with E-state index in [4.69, 9.17) is 9.52 Å². The summed E-state index contributed by atoms with van der Waals surface area (Å²) in [7, 11) is 1.67. The third-order valence-corrected chi connectivity index (χ3v) is 4.00. The van der Waals surface area contributed by atoms with Gasteiger partial charge < -0.3 is 14.4 Å². The van der Waals surface area contributed by atoms with Crippen LogP contribution in [0.2, 0.25) is 0 Å². The molecule has 5 heteroatoms. The second kappa shape index (κ2) is 6.51. The monoisotopic (exact) mass is 329 g/mol. The third kappa shape index (κ3) is 3.67. The summed E-state index contributed by atoms with van der Waals surface area (Å²) in [6.07, 6.45) is 1.10. The molecule has 2 rings (SSSR count). The van der Waals surface area contributed by atoms with Crippen molar-refractivity contribution in [2.75, 3.05) is 11.9 Å². The second-order valence-corrected chi connectivity index (χ2v) is 6.95.